The largest absolute Gasteiger partial charge is 0.494 e. The van der Waals surface area contributed by atoms with Crippen molar-refractivity contribution in [1.29, 1.82) is 0 Å². The number of ether oxygens (including phenoxy) is 1. The fourth-order valence-corrected chi connectivity index (χ4v) is 6.05. The van der Waals surface area contributed by atoms with Crippen LogP contribution >= 0.6 is 0 Å². The Morgan fingerprint density at radius 2 is 1.89 bits per heavy atom. The lowest BCUT2D eigenvalue weighted by atomic mass is 9.82. The van der Waals surface area contributed by atoms with Crippen molar-refractivity contribution < 1.29 is 27.5 Å². The number of nitrogens with one attached hydrogen (secondary N) is 2. The van der Waals surface area contributed by atoms with Gasteiger partial charge in [-0.05, 0) is 68.9 Å². The van der Waals surface area contributed by atoms with Crippen LogP contribution in [0.5, 0.6) is 5.75 Å². The van der Waals surface area contributed by atoms with Gasteiger partial charge in [-0.2, -0.15) is 13.2 Å². The molecule has 2 N–H and O–H groups in total. The summed E-state index contributed by atoms with van der Waals surface area (Å²) in [6.07, 6.45) is -2.08. The van der Waals surface area contributed by atoms with Crippen molar-refractivity contribution in [2.75, 3.05) is 49.8 Å². The van der Waals surface area contributed by atoms with Gasteiger partial charge < -0.3 is 25.2 Å². The Morgan fingerprint density at radius 3 is 2.55 bits per heavy atom. The van der Waals surface area contributed by atoms with Crippen LogP contribution in [0, 0.1) is 5.92 Å². The Morgan fingerprint density at radius 1 is 1.16 bits per heavy atom. The van der Waals surface area contributed by atoms with E-state index in [-0.39, 0.29) is 42.2 Å². The Labute approximate surface area is 254 Å². The summed E-state index contributed by atoms with van der Waals surface area (Å²) in [4.78, 5) is 36.9. The molecule has 12 heteroatoms. The summed E-state index contributed by atoms with van der Waals surface area (Å²) < 4.78 is 47.5. The Balaban J connectivity index is 1.35. The number of carbonyl (C=O) groups is 2. The molecule has 9 nitrogen and oxygen atoms in total. The summed E-state index contributed by atoms with van der Waals surface area (Å²) in [7, 11) is 5.06. The van der Waals surface area contributed by atoms with E-state index in [1.165, 1.54) is 7.11 Å². The number of rotatable bonds is 8. The van der Waals surface area contributed by atoms with Crippen LogP contribution in [-0.2, 0) is 34.0 Å². The molecule has 2 aliphatic heterocycles. The topological polar surface area (TPSA) is 99.7 Å². The quantitative estimate of drug-likeness (QED) is 0.344. The number of anilines is 4. The van der Waals surface area contributed by atoms with E-state index in [1.807, 2.05) is 18.2 Å². The van der Waals surface area contributed by atoms with Crippen LogP contribution in [0.1, 0.15) is 49.1 Å². The van der Waals surface area contributed by atoms with Crippen LogP contribution in [-0.4, -0.2) is 61.0 Å². The highest BCUT2D eigenvalue weighted by molar-refractivity contribution is 6.06. The van der Waals surface area contributed by atoms with E-state index >= 15 is 0 Å². The van der Waals surface area contributed by atoms with E-state index in [2.05, 4.69) is 25.5 Å². The number of amides is 2. The van der Waals surface area contributed by atoms with Gasteiger partial charge in [-0.3, -0.25) is 9.59 Å². The van der Waals surface area contributed by atoms with Gasteiger partial charge in [0.1, 0.15) is 5.75 Å². The van der Waals surface area contributed by atoms with Crippen molar-refractivity contribution in [2.45, 2.75) is 51.1 Å². The molecule has 2 amide bonds. The highest BCUT2D eigenvalue weighted by atomic mass is 19.4. The number of nitrogens with zero attached hydrogens (tertiary/aromatic N) is 4. The third kappa shape index (κ3) is 6.15. The minimum Gasteiger partial charge on any atom is -0.494 e. The average molecular weight is 611 g/mol. The molecule has 1 fully saturated rings. The molecule has 3 aromatic rings. The predicted molar refractivity (Wildman–Crippen MR) is 162 cm³/mol. The highest BCUT2D eigenvalue weighted by Gasteiger charge is 2.40. The molecule has 0 atom stereocenters. The molecule has 0 radical (unpaired) electrons. The number of halogens is 3. The van der Waals surface area contributed by atoms with Crippen molar-refractivity contribution in [3.8, 4) is 5.75 Å². The first kappa shape index (κ1) is 31.1. The van der Waals surface area contributed by atoms with Gasteiger partial charge in [0.15, 0.2) is 0 Å². The van der Waals surface area contributed by atoms with Gasteiger partial charge in [0.05, 0.1) is 29.5 Å². The Hall–Kier alpha value is -4.35. The van der Waals surface area contributed by atoms with Gasteiger partial charge in [-0.1, -0.05) is 12.1 Å². The van der Waals surface area contributed by atoms with Gasteiger partial charge in [0.2, 0.25) is 17.8 Å². The number of benzene rings is 2. The number of fused-ring (bicyclic) bond motifs is 1. The van der Waals surface area contributed by atoms with Crippen molar-refractivity contribution in [3.63, 3.8) is 0 Å². The second-order valence-electron chi connectivity index (χ2n) is 12.0. The molecule has 1 saturated heterocycles. The summed E-state index contributed by atoms with van der Waals surface area (Å²) in [6, 6.07) is 11.0. The maximum atomic E-state index is 14.0. The summed E-state index contributed by atoms with van der Waals surface area (Å²) in [6.45, 7) is 5.05. The first-order valence-corrected chi connectivity index (χ1v) is 14.6. The van der Waals surface area contributed by atoms with Crippen molar-refractivity contribution in [2.24, 2.45) is 5.92 Å². The van der Waals surface area contributed by atoms with Crippen LogP contribution in [0.3, 0.4) is 0 Å². The SMILES string of the molecule is COc1cc(N2CCC(C(=O)N(C)C)CC2)ccc1Nc1ncc(C(F)(F)F)c(CCc2cccc3c2C(C)(C)C(=O)N3)n1. The van der Waals surface area contributed by atoms with Gasteiger partial charge >= 0.3 is 6.18 Å². The molecule has 2 aromatic carbocycles. The zero-order chi connectivity index (χ0) is 31.8. The van der Waals surface area contributed by atoms with Crippen molar-refractivity contribution in [1.82, 2.24) is 14.9 Å². The summed E-state index contributed by atoms with van der Waals surface area (Å²) in [5.41, 5.74) is 1.86. The maximum Gasteiger partial charge on any atom is 0.419 e. The smallest absolute Gasteiger partial charge is 0.419 e. The Bertz CT molecular complexity index is 1570. The molecule has 0 saturated carbocycles. The standard InChI is InChI=1S/C32H37F3N6O3/c1-31(2)27-19(7-6-8-25(27)37-29(31)43)9-11-23-22(32(33,34)35)18-36-30(38-23)39-24-12-10-21(17-26(24)44-5)41-15-13-20(14-16-41)28(42)40(3)4/h6-8,10,12,17-18,20H,9,11,13-16H2,1-5H3,(H,37,43)(H,36,38,39). The lowest BCUT2D eigenvalue weighted by Crippen LogP contribution is -2.40. The Kier molecular flexibility index (Phi) is 8.46. The number of piperidine rings is 1. The zero-order valence-corrected chi connectivity index (χ0v) is 25.5. The number of alkyl halides is 3. The lowest BCUT2D eigenvalue weighted by Gasteiger charge is -2.34. The average Bonchev–Trinajstić information content (AvgIpc) is 3.23. The molecule has 0 unspecified atom stereocenters. The molecular formula is C32H37F3N6O3. The normalized spacial score (nSPS) is 16.4. The fraction of sp³-hybridized carbons (Fsp3) is 0.438. The van der Waals surface area contributed by atoms with E-state index < -0.39 is 17.2 Å². The number of aromatic nitrogens is 2. The van der Waals surface area contributed by atoms with Crippen LogP contribution in [0.2, 0.25) is 0 Å². The van der Waals surface area contributed by atoms with E-state index in [0.717, 1.165) is 48.9 Å². The molecule has 5 rings (SSSR count). The second-order valence-corrected chi connectivity index (χ2v) is 12.0. The molecule has 0 spiro atoms. The van der Waals surface area contributed by atoms with E-state index in [9.17, 15) is 22.8 Å². The summed E-state index contributed by atoms with van der Waals surface area (Å²) in [5.74, 6) is 0.494. The van der Waals surface area contributed by atoms with Gasteiger partial charge in [0, 0.05) is 56.7 Å². The monoisotopic (exact) mass is 610 g/mol. The van der Waals surface area contributed by atoms with E-state index in [1.54, 1.807) is 51.0 Å². The maximum absolute atomic E-state index is 14.0. The van der Waals surface area contributed by atoms with E-state index in [4.69, 9.17) is 4.74 Å². The van der Waals surface area contributed by atoms with Crippen LogP contribution in [0.4, 0.5) is 36.2 Å². The molecule has 44 heavy (non-hydrogen) atoms. The summed E-state index contributed by atoms with van der Waals surface area (Å²) >= 11 is 0. The molecule has 0 bridgehead atoms. The predicted octanol–water partition coefficient (Wildman–Crippen LogP) is 5.57. The van der Waals surface area contributed by atoms with Crippen LogP contribution < -0.4 is 20.3 Å². The molecule has 1 aromatic heterocycles. The fourth-order valence-electron chi connectivity index (χ4n) is 6.05. The highest BCUT2D eigenvalue weighted by Crippen LogP contribution is 2.41. The third-order valence-corrected chi connectivity index (χ3v) is 8.48. The molecule has 0 aliphatic carbocycles. The number of methoxy groups -OCH3 is 1. The third-order valence-electron chi connectivity index (χ3n) is 8.48. The lowest BCUT2D eigenvalue weighted by molar-refractivity contribution is -0.138. The zero-order valence-electron chi connectivity index (χ0n) is 25.5. The molecular weight excluding hydrogens is 573 g/mol. The minimum atomic E-state index is -4.63. The van der Waals surface area contributed by atoms with Gasteiger partial charge in [-0.25, -0.2) is 9.97 Å². The number of aryl methyl sites for hydroxylation is 2. The molecule has 234 valence electrons. The van der Waals surface area contributed by atoms with Crippen molar-refractivity contribution >= 4 is 34.8 Å². The first-order chi connectivity index (χ1) is 20.8. The molecule has 3 heterocycles. The second kappa shape index (κ2) is 12.0. The van der Waals surface area contributed by atoms with Gasteiger partial charge in [-0.15, -0.1) is 0 Å². The van der Waals surface area contributed by atoms with Crippen LogP contribution in [0.25, 0.3) is 0 Å². The number of hydrogen-bond acceptors (Lipinski definition) is 7. The molecule has 2 aliphatic rings. The van der Waals surface area contributed by atoms with Crippen molar-refractivity contribution in [3.05, 3.63) is 65.0 Å². The minimum absolute atomic E-state index is 0.00329. The van der Waals surface area contributed by atoms with Gasteiger partial charge in [0.25, 0.3) is 0 Å². The number of hydrogen-bond donors (Lipinski definition) is 2. The van der Waals surface area contributed by atoms with E-state index in [0.29, 0.717) is 17.1 Å². The number of carbonyl (C=O) groups excluding carboxylic acids is 2. The first-order valence-electron chi connectivity index (χ1n) is 14.6. The summed E-state index contributed by atoms with van der Waals surface area (Å²) in [5, 5.41) is 5.89. The van der Waals surface area contributed by atoms with Crippen LogP contribution in [0.15, 0.2) is 42.6 Å².